The quantitative estimate of drug-likeness (QED) is 0.876. The van der Waals surface area contributed by atoms with Gasteiger partial charge in [-0.1, -0.05) is 19.3 Å². The lowest BCUT2D eigenvalue weighted by atomic mass is 9.94. The lowest BCUT2D eigenvalue weighted by Gasteiger charge is -2.33. The van der Waals surface area contributed by atoms with Crippen molar-refractivity contribution in [1.82, 2.24) is 29.8 Å². The molecular formula is C20H30N6O. The third kappa shape index (κ3) is 4.58. The molecule has 2 aromatic heterocycles. The first-order valence-corrected chi connectivity index (χ1v) is 10.2. The molecular weight excluding hydrogens is 340 g/mol. The van der Waals surface area contributed by atoms with Gasteiger partial charge in [0.15, 0.2) is 0 Å². The number of hydrogen-bond donors (Lipinski definition) is 1. The fraction of sp³-hybridized carbons (Fsp3) is 0.650. The molecule has 1 N–H and O–H groups in total. The van der Waals surface area contributed by atoms with E-state index >= 15 is 0 Å². The van der Waals surface area contributed by atoms with Gasteiger partial charge in [-0.3, -0.25) is 19.1 Å². The van der Waals surface area contributed by atoms with Crippen molar-refractivity contribution in [3.8, 4) is 0 Å². The van der Waals surface area contributed by atoms with Crippen LogP contribution < -0.4 is 5.32 Å². The summed E-state index contributed by atoms with van der Waals surface area (Å²) < 4.78 is 3.80. The molecule has 0 saturated heterocycles. The highest BCUT2D eigenvalue weighted by Crippen LogP contribution is 2.25. The second-order valence-corrected chi connectivity index (χ2v) is 7.90. The lowest BCUT2D eigenvalue weighted by molar-refractivity contribution is -0.122. The molecule has 1 amide bonds. The Labute approximate surface area is 160 Å². The Morgan fingerprint density at radius 2 is 2.04 bits per heavy atom. The van der Waals surface area contributed by atoms with E-state index < -0.39 is 0 Å². The van der Waals surface area contributed by atoms with Gasteiger partial charge in [0.2, 0.25) is 5.91 Å². The summed E-state index contributed by atoms with van der Waals surface area (Å²) >= 11 is 0. The van der Waals surface area contributed by atoms with E-state index in [1.54, 1.807) is 4.68 Å². The van der Waals surface area contributed by atoms with Gasteiger partial charge in [-0.25, -0.2) is 0 Å². The Bertz CT molecular complexity index is 773. The summed E-state index contributed by atoms with van der Waals surface area (Å²) in [5, 5.41) is 11.9. The van der Waals surface area contributed by atoms with Gasteiger partial charge in [-0.2, -0.15) is 10.2 Å². The van der Waals surface area contributed by atoms with Crippen LogP contribution in [-0.2, 0) is 31.0 Å². The predicted octanol–water partition coefficient (Wildman–Crippen LogP) is 2.24. The van der Waals surface area contributed by atoms with Crippen molar-refractivity contribution in [2.45, 2.75) is 77.7 Å². The van der Waals surface area contributed by atoms with E-state index in [1.807, 2.05) is 19.2 Å². The van der Waals surface area contributed by atoms with E-state index in [1.165, 1.54) is 44.3 Å². The van der Waals surface area contributed by atoms with Crippen molar-refractivity contribution in [2.24, 2.45) is 0 Å². The second-order valence-electron chi connectivity index (χ2n) is 7.90. The van der Waals surface area contributed by atoms with Crippen LogP contribution in [0.3, 0.4) is 0 Å². The number of fused-ring (bicyclic) bond motifs is 1. The Hall–Kier alpha value is -2.15. The van der Waals surface area contributed by atoms with E-state index in [2.05, 4.69) is 26.1 Å². The number of aryl methyl sites for hydroxylation is 2. The van der Waals surface area contributed by atoms with Crippen LogP contribution in [0, 0.1) is 6.92 Å². The molecule has 0 atom stereocenters. The van der Waals surface area contributed by atoms with Gasteiger partial charge in [-0.05, 0) is 38.3 Å². The fourth-order valence-electron chi connectivity index (χ4n) is 4.33. The first kappa shape index (κ1) is 18.2. The number of carbonyl (C=O) groups excluding carboxylic acids is 1. The maximum atomic E-state index is 12.1. The second kappa shape index (κ2) is 8.25. The molecule has 0 radical (unpaired) electrons. The van der Waals surface area contributed by atoms with E-state index in [-0.39, 0.29) is 12.5 Å². The molecule has 1 aliphatic heterocycles. The number of rotatable bonds is 5. The van der Waals surface area contributed by atoms with Crippen LogP contribution in [0.25, 0.3) is 0 Å². The molecule has 7 heteroatoms. The number of amides is 1. The van der Waals surface area contributed by atoms with Crippen LogP contribution in [0.5, 0.6) is 0 Å². The highest BCUT2D eigenvalue weighted by Gasteiger charge is 2.24. The predicted molar refractivity (Wildman–Crippen MR) is 103 cm³/mol. The van der Waals surface area contributed by atoms with Gasteiger partial charge >= 0.3 is 0 Å². The van der Waals surface area contributed by atoms with E-state index in [0.717, 1.165) is 36.9 Å². The van der Waals surface area contributed by atoms with Crippen LogP contribution in [0.1, 0.15) is 55.6 Å². The molecule has 0 spiro atoms. The maximum Gasteiger partial charge on any atom is 0.242 e. The standard InChI is InChI=1S/C20H30N6O/c1-16-8-11-25(22-16)15-20(27)21-13-17-12-19-14-24(9-5-10-26(19)23-17)18-6-3-2-4-7-18/h8,11-12,18H,2-7,9-10,13-15H2,1H3,(H,21,27). The molecule has 146 valence electrons. The molecule has 1 saturated carbocycles. The van der Waals surface area contributed by atoms with E-state index in [9.17, 15) is 4.79 Å². The molecule has 7 nitrogen and oxygen atoms in total. The Balaban J connectivity index is 1.33. The topological polar surface area (TPSA) is 68.0 Å². The smallest absolute Gasteiger partial charge is 0.242 e. The molecule has 0 bridgehead atoms. The van der Waals surface area contributed by atoms with Crippen molar-refractivity contribution in [1.29, 1.82) is 0 Å². The van der Waals surface area contributed by atoms with Crippen molar-refractivity contribution in [2.75, 3.05) is 6.54 Å². The molecule has 0 unspecified atom stereocenters. The van der Waals surface area contributed by atoms with E-state index in [0.29, 0.717) is 6.54 Å². The number of hydrogen-bond acceptors (Lipinski definition) is 4. The summed E-state index contributed by atoms with van der Waals surface area (Å²) in [5.41, 5.74) is 3.15. The molecule has 4 rings (SSSR count). The van der Waals surface area contributed by atoms with E-state index in [4.69, 9.17) is 5.10 Å². The van der Waals surface area contributed by atoms with Gasteiger partial charge < -0.3 is 5.32 Å². The van der Waals surface area contributed by atoms with Crippen LogP contribution in [0.2, 0.25) is 0 Å². The molecule has 0 aromatic carbocycles. The molecule has 2 aliphatic rings. The van der Waals surface area contributed by atoms with Crippen molar-refractivity contribution >= 4 is 5.91 Å². The third-order valence-corrected chi connectivity index (χ3v) is 5.73. The zero-order valence-electron chi connectivity index (χ0n) is 16.2. The highest BCUT2D eigenvalue weighted by atomic mass is 16.2. The summed E-state index contributed by atoms with van der Waals surface area (Å²) in [5.74, 6) is -0.0369. The van der Waals surface area contributed by atoms with Crippen LogP contribution in [0.4, 0.5) is 0 Å². The average molecular weight is 371 g/mol. The molecule has 3 heterocycles. The minimum atomic E-state index is -0.0369. The SMILES string of the molecule is Cc1ccn(CC(=O)NCc2cc3n(n2)CCCN(C2CCCCC2)C3)n1. The summed E-state index contributed by atoms with van der Waals surface area (Å²) in [6, 6.07) is 4.80. The van der Waals surface area contributed by atoms with Crippen LogP contribution in [0.15, 0.2) is 18.3 Å². The number of aromatic nitrogens is 4. The van der Waals surface area contributed by atoms with Gasteiger partial charge in [-0.15, -0.1) is 0 Å². The Morgan fingerprint density at radius 1 is 1.19 bits per heavy atom. The molecule has 2 aromatic rings. The monoisotopic (exact) mass is 370 g/mol. The normalized spacial score (nSPS) is 18.9. The minimum Gasteiger partial charge on any atom is -0.349 e. The number of nitrogens with one attached hydrogen (secondary N) is 1. The zero-order valence-corrected chi connectivity index (χ0v) is 16.2. The first-order chi connectivity index (χ1) is 13.2. The first-order valence-electron chi connectivity index (χ1n) is 10.2. The van der Waals surface area contributed by atoms with Crippen molar-refractivity contribution in [3.05, 3.63) is 35.4 Å². The summed E-state index contributed by atoms with van der Waals surface area (Å²) in [7, 11) is 0. The largest absolute Gasteiger partial charge is 0.349 e. The Kier molecular flexibility index (Phi) is 5.57. The number of carbonyl (C=O) groups is 1. The van der Waals surface area contributed by atoms with Gasteiger partial charge in [0, 0.05) is 31.9 Å². The van der Waals surface area contributed by atoms with Crippen molar-refractivity contribution < 1.29 is 4.79 Å². The van der Waals surface area contributed by atoms with Crippen molar-refractivity contribution in [3.63, 3.8) is 0 Å². The highest BCUT2D eigenvalue weighted by molar-refractivity contribution is 5.75. The van der Waals surface area contributed by atoms with Gasteiger partial charge in [0.05, 0.1) is 23.6 Å². The fourth-order valence-corrected chi connectivity index (χ4v) is 4.33. The lowest BCUT2D eigenvalue weighted by Crippen LogP contribution is -2.36. The minimum absolute atomic E-state index is 0.0369. The summed E-state index contributed by atoms with van der Waals surface area (Å²) in [6.07, 6.45) is 9.78. The Morgan fingerprint density at radius 3 is 2.81 bits per heavy atom. The third-order valence-electron chi connectivity index (χ3n) is 5.73. The van der Waals surface area contributed by atoms with Gasteiger partial charge in [0.1, 0.15) is 6.54 Å². The number of nitrogens with zero attached hydrogens (tertiary/aromatic N) is 5. The van der Waals surface area contributed by atoms with Crippen LogP contribution >= 0.6 is 0 Å². The molecule has 1 aliphatic carbocycles. The summed E-state index contributed by atoms with van der Waals surface area (Å²) in [4.78, 5) is 14.8. The average Bonchev–Trinajstić information content (AvgIpc) is 3.20. The molecule has 27 heavy (non-hydrogen) atoms. The zero-order chi connectivity index (χ0) is 18.6. The van der Waals surface area contributed by atoms with Crippen LogP contribution in [-0.4, -0.2) is 43.0 Å². The maximum absolute atomic E-state index is 12.1. The summed E-state index contributed by atoms with van der Waals surface area (Å²) in [6.45, 7) is 5.77. The van der Waals surface area contributed by atoms with Gasteiger partial charge in [0.25, 0.3) is 0 Å². The molecule has 1 fully saturated rings.